The molecule has 0 fully saturated rings. The van der Waals surface area contributed by atoms with Crippen molar-refractivity contribution in [3.8, 4) is 16.9 Å². The van der Waals surface area contributed by atoms with E-state index in [4.69, 9.17) is 4.74 Å². The molecule has 0 saturated carbocycles. The van der Waals surface area contributed by atoms with E-state index in [1.807, 2.05) is 38.1 Å². The molecule has 3 rings (SSSR count). The molecular formula is C20H21N5O3. The van der Waals surface area contributed by atoms with E-state index in [0.29, 0.717) is 22.8 Å². The number of aryl methyl sites for hydroxylation is 2. The zero-order chi connectivity index (χ0) is 20.4. The second-order valence-corrected chi connectivity index (χ2v) is 6.14. The van der Waals surface area contributed by atoms with Crippen molar-refractivity contribution in [2.24, 2.45) is 5.10 Å². The molecule has 144 valence electrons. The third-order valence-electron chi connectivity index (χ3n) is 4.27. The lowest BCUT2D eigenvalue weighted by atomic mass is 10.0. The maximum absolute atomic E-state index is 11.6. The summed E-state index contributed by atoms with van der Waals surface area (Å²) in [6, 6.07) is 7.09. The Morgan fingerprint density at radius 3 is 2.71 bits per heavy atom. The standard InChI is InChI=1S/C20H21N5O3/c1-6-9-24(21-4)14-7-8-15(17(11-14)28-5)18-13(3)23-25-16(20(26)27)10-12(2)22-19(18)25/h6-11H,4H2,1-3,5H3,(H,26,27)/b9-6-. The van der Waals surface area contributed by atoms with Crippen LogP contribution in [-0.2, 0) is 0 Å². The van der Waals surface area contributed by atoms with Crippen molar-refractivity contribution in [2.75, 3.05) is 12.1 Å². The van der Waals surface area contributed by atoms with Crippen LogP contribution in [0.2, 0.25) is 0 Å². The van der Waals surface area contributed by atoms with Crippen LogP contribution in [0.25, 0.3) is 16.8 Å². The van der Waals surface area contributed by atoms with Gasteiger partial charge in [0.1, 0.15) is 5.75 Å². The van der Waals surface area contributed by atoms with Crippen LogP contribution in [0.15, 0.2) is 41.6 Å². The summed E-state index contributed by atoms with van der Waals surface area (Å²) in [6.07, 6.45) is 3.64. The van der Waals surface area contributed by atoms with Crippen LogP contribution < -0.4 is 9.75 Å². The highest BCUT2D eigenvalue weighted by Crippen LogP contribution is 2.37. The van der Waals surface area contributed by atoms with E-state index < -0.39 is 5.97 Å². The number of ether oxygens (including phenoxy) is 1. The summed E-state index contributed by atoms with van der Waals surface area (Å²) in [4.78, 5) is 16.1. The molecule has 0 spiro atoms. The molecule has 0 radical (unpaired) electrons. The average Bonchev–Trinajstić information content (AvgIpc) is 3.00. The number of aromatic nitrogens is 3. The molecule has 0 amide bonds. The minimum absolute atomic E-state index is 0.0579. The first-order chi connectivity index (χ1) is 13.4. The van der Waals surface area contributed by atoms with Gasteiger partial charge in [0.25, 0.3) is 0 Å². The number of hydrazone groups is 1. The number of hydrogen-bond donors (Lipinski definition) is 1. The van der Waals surface area contributed by atoms with E-state index >= 15 is 0 Å². The fraction of sp³-hybridized carbons (Fsp3) is 0.200. The Hall–Kier alpha value is -3.68. The summed E-state index contributed by atoms with van der Waals surface area (Å²) in [5.74, 6) is -0.472. The fourth-order valence-electron chi connectivity index (χ4n) is 3.10. The third kappa shape index (κ3) is 3.20. The monoisotopic (exact) mass is 379 g/mol. The minimum Gasteiger partial charge on any atom is -0.496 e. The fourth-order valence-corrected chi connectivity index (χ4v) is 3.10. The number of allylic oxidation sites excluding steroid dienone is 1. The SMILES string of the molecule is C=NN(/C=C\C)c1ccc(-c2c(C)nn3c(C(=O)O)cc(C)nc23)c(OC)c1. The van der Waals surface area contributed by atoms with Gasteiger partial charge >= 0.3 is 5.97 Å². The van der Waals surface area contributed by atoms with Crippen molar-refractivity contribution in [3.63, 3.8) is 0 Å². The summed E-state index contributed by atoms with van der Waals surface area (Å²) < 4.78 is 6.95. The highest BCUT2D eigenvalue weighted by atomic mass is 16.5. The summed E-state index contributed by atoms with van der Waals surface area (Å²) >= 11 is 0. The lowest BCUT2D eigenvalue weighted by molar-refractivity contribution is 0.0687. The van der Waals surface area contributed by atoms with Crippen molar-refractivity contribution < 1.29 is 14.6 Å². The molecule has 28 heavy (non-hydrogen) atoms. The number of anilines is 1. The van der Waals surface area contributed by atoms with Crippen LogP contribution >= 0.6 is 0 Å². The van der Waals surface area contributed by atoms with Crippen LogP contribution in [0.5, 0.6) is 5.75 Å². The molecule has 0 aliphatic rings. The molecule has 8 heteroatoms. The first-order valence-electron chi connectivity index (χ1n) is 8.58. The maximum Gasteiger partial charge on any atom is 0.354 e. The van der Waals surface area contributed by atoms with E-state index in [9.17, 15) is 9.90 Å². The van der Waals surface area contributed by atoms with E-state index in [1.165, 1.54) is 10.6 Å². The lowest BCUT2D eigenvalue weighted by Crippen LogP contribution is -2.08. The Morgan fingerprint density at radius 2 is 2.11 bits per heavy atom. The van der Waals surface area contributed by atoms with Gasteiger partial charge in [-0.1, -0.05) is 6.08 Å². The van der Waals surface area contributed by atoms with Crippen molar-refractivity contribution in [1.82, 2.24) is 14.6 Å². The van der Waals surface area contributed by atoms with Gasteiger partial charge in [0.15, 0.2) is 11.3 Å². The Morgan fingerprint density at radius 1 is 1.36 bits per heavy atom. The van der Waals surface area contributed by atoms with E-state index in [-0.39, 0.29) is 5.69 Å². The van der Waals surface area contributed by atoms with Crippen LogP contribution in [-0.4, -0.2) is 39.5 Å². The average molecular weight is 379 g/mol. The predicted octanol–water partition coefficient (Wildman–Crippen LogP) is 3.68. The molecule has 0 atom stereocenters. The Bertz CT molecular complexity index is 1100. The van der Waals surface area contributed by atoms with Crippen LogP contribution in [0.4, 0.5) is 5.69 Å². The second kappa shape index (κ2) is 7.51. The molecule has 0 aliphatic heterocycles. The summed E-state index contributed by atoms with van der Waals surface area (Å²) in [5.41, 5.74) is 4.03. The molecular weight excluding hydrogens is 358 g/mol. The van der Waals surface area contributed by atoms with E-state index in [1.54, 1.807) is 25.2 Å². The summed E-state index contributed by atoms with van der Waals surface area (Å²) in [7, 11) is 1.58. The molecule has 1 N–H and O–H groups in total. The van der Waals surface area contributed by atoms with Gasteiger partial charge < -0.3 is 9.84 Å². The van der Waals surface area contributed by atoms with Crippen LogP contribution in [0, 0.1) is 13.8 Å². The quantitative estimate of drug-likeness (QED) is 0.519. The smallest absolute Gasteiger partial charge is 0.354 e. The molecule has 0 unspecified atom stereocenters. The summed E-state index contributed by atoms with van der Waals surface area (Å²) in [5, 5.41) is 19.5. The Labute approximate surface area is 162 Å². The largest absolute Gasteiger partial charge is 0.496 e. The molecule has 0 bridgehead atoms. The first kappa shape index (κ1) is 19.1. The van der Waals surface area contributed by atoms with E-state index in [0.717, 1.165) is 16.8 Å². The Kier molecular flexibility index (Phi) is 5.12. The van der Waals surface area contributed by atoms with Crippen molar-refractivity contribution >= 4 is 24.0 Å². The first-order valence-corrected chi connectivity index (χ1v) is 8.58. The van der Waals surface area contributed by atoms with Crippen molar-refractivity contribution in [1.29, 1.82) is 0 Å². The lowest BCUT2D eigenvalue weighted by Gasteiger charge is -2.16. The van der Waals surface area contributed by atoms with Gasteiger partial charge in [-0.15, -0.1) is 0 Å². The van der Waals surface area contributed by atoms with Gasteiger partial charge in [-0.25, -0.2) is 19.3 Å². The van der Waals surface area contributed by atoms with Crippen LogP contribution in [0.1, 0.15) is 28.8 Å². The minimum atomic E-state index is -1.06. The van der Waals surface area contributed by atoms with Gasteiger partial charge in [0.2, 0.25) is 0 Å². The van der Waals surface area contributed by atoms with E-state index in [2.05, 4.69) is 21.9 Å². The zero-order valence-corrected chi connectivity index (χ0v) is 16.2. The molecule has 8 nitrogen and oxygen atoms in total. The van der Waals surface area contributed by atoms with Gasteiger partial charge in [0, 0.05) is 30.2 Å². The molecule has 0 aliphatic carbocycles. The number of carbonyl (C=O) groups is 1. The zero-order valence-electron chi connectivity index (χ0n) is 16.2. The third-order valence-corrected chi connectivity index (χ3v) is 4.27. The van der Waals surface area contributed by atoms with Gasteiger partial charge in [-0.2, -0.15) is 10.2 Å². The van der Waals surface area contributed by atoms with Crippen LogP contribution in [0.3, 0.4) is 0 Å². The molecule has 2 heterocycles. The number of methoxy groups -OCH3 is 1. The number of aromatic carboxylic acids is 1. The number of hydrogen-bond acceptors (Lipinski definition) is 6. The molecule has 2 aromatic heterocycles. The molecule has 0 saturated heterocycles. The number of fused-ring (bicyclic) bond motifs is 1. The number of nitrogens with zero attached hydrogens (tertiary/aromatic N) is 5. The number of rotatable bonds is 6. The van der Waals surface area contributed by atoms with Crippen molar-refractivity contribution in [3.05, 3.63) is 53.6 Å². The highest BCUT2D eigenvalue weighted by molar-refractivity contribution is 5.90. The van der Waals surface area contributed by atoms with Gasteiger partial charge in [-0.05, 0) is 39.0 Å². The van der Waals surface area contributed by atoms with Gasteiger partial charge in [-0.3, -0.25) is 0 Å². The maximum atomic E-state index is 11.6. The number of carboxylic acids is 1. The van der Waals surface area contributed by atoms with Crippen molar-refractivity contribution in [2.45, 2.75) is 20.8 Å². The molecule has 3 aromatic rings. The number of benzene rings is 1. The molecule has 1 aromatic carbocycles. The predicted molar refractivity (Wildman–Crippen MR) is 108 cm³/mol. The normalized spacial score (nSPS) is 11.1. The highest BCUT2D eigenvalue weighted by Gasteiger charge is 2.21. The summed E-state index contributed by atoms with van der Waals surface area (Å²) in [6.45, 7) is 9.04. The second-order valence-electron chi connectivity index (χ2n) is 6.14. The number of carboxylic acid groups (broad SMARTS) is 1. The van der Waals surface area contributed by atoms with Gasteiger partial charge in [0.05, 0.1) is 24.1 Å². The Balaban J connectivity index is 2.26. The topological polar surface area (TPSA) is 92.3 Å².